The van der Waals surface area contributed by atoms with E-state index in [0.717, 1.165) is 55.7 Å². The van der Waals surface area contributed by atoms with Crippen LogP contribution in [0.3, 0.4) is 0 Å². The highest BCUT2D eigenvalue weighted by Crippen LogP contribution is 2.35. The number of anilines is 2. The van der Waals surface area contributed by atoms with Crippen molar-refractivity contribution in [3.8, 4) is 0 Å². The van der Waals surface area contributed by atoms with E-state index in [0.29, 0.717) is 17.3 Å². The Balaban J connectivity index is 0.000000323. The number of benzene rings is 1. The topological polar surface area (TPSA) is 100 Å². The number of aryl methyl sites for hydroxylation is 1. The zero-order chi connectivity index (χ0) is 24.0. The van der Waals surface area contributed by atoms with Crippen molar-refractivity contribution in [2.24, 2.45) is 5.92 Å². The largest absolute Gasteiger partial charge is 0.384 e. The number of pyridine rings is 1. The van der Waals surface area contributed by atoms with Crippen molar-refractivity contribution >= 4 is 23.3 Å². The third-order valence-electron chi connectivity index (χ3n) is 6.47. The molecular weight excluding hydrogens is 414 g/mol. The van der Waals surface area contributed by atoms with E-state index in [9.17, 15) is 9.59 Å². The SMILES string of the molecule is CC[C@H]1C(C)Cc2cc(C(=O)NC3CCNCC3)ccc2N1C(C)=O.Cc1cccc(N)n1. The maximum absolute atomic E-state index is 12.6. The average Bonchev–Trinajstić information content (AvgIpc) is 2.78. The number of hydrogen-bond acceptors (Lipinski definition) is 5. The van der Waals surface area contributed by atoms with Crippen molar-refractivity contribution in [1.82, 2.24) is 15.6 Å². The third-order valence-corrected chi connectivity index (χ3v) is 6.47. The number of piperidine rings is 1. The molecule has 178 valence electrons. The zero-order valence-corrected chi connectivity index (χ0v) is 20.2. The van der Waals surface area contributed by atoms with Gasteiger partial charge in [0.1, 0.15) is 5.82 Å². The van der Waals surface area contributed by atoms with Gasteiger partial charge in [-0.2, -0.15) is 0 Å². The van der Waals surface area contributed by atoms with Crippen LogP contribution < -0.4 is 21.3 Å². The molecule has 1 fully saturated rings. The number of nitrogen functional groups attached to an aromatic ring is 1. The molecule has 0 radical (unpaired) electrons. The molecule has 4 rings (SSSR count). The summed E-state index contributed by atoms with van der Waals surface area (Å²) in [4.78, 5) is 30.7. The molecule has 0 aliphatic carbocycles. The van der Waals surface area contributed by atoms with Crippen LogP contribution in [-0.4, -0.2) is 42.0 Å². The molecule has 2 atom stereocenters. The maximum Gasteiger partial charge on any atom is 0.251 e. The van der Waals surface area contributed by atoms with Gasteiger partial charge in [0.2, 0.25) is 5.91 Å². The van der Waals surface area contributed by atoms with Crippen LogP contribution in [0.5, 0.6) is 0 Å². The van der Waals surface area contributed by atoms with Gasteiger partial charge in [-0.1, -0.05) is 19.9 Å². The number of carbonyl (C=O) groups is 2. The van der Waals surface area contributed by atoms with Gasteiger partial charge in [0.15, 0.2) is 0 Å². The standard InChI is InChI=1S/C20H29N3O2.C6H8N2/c1-4-18-13(2)11-16-12-15(5-6-19(16)23(18)14(3)24)20(25)22-17-7-9-21-10-8-17;1-5-3-2-4-6(7)8-5/h5-6,12-13,17-18,21H,4,7-11H2,1-3H3,(H,22,25);2-4H,1H3,(H2,7,8)/t13?,18-;/m0./s1. The predicted octanol–water partition coefficient (Wildman–Crippen LogP) is 3.46. The van der Waals surface area contributed by atoms with E-state index in [1.54, 1.807) is 13.0 Å². The molecule has 0 saturated carbocycles. The molecule has 33 heavy (non-hydrogen) atoms. The van der Waals surface area contributed by atoms with E-state index < -0.39 is 0 Å². The molecule has 2 aliphatic heterocycles. The van der Waals surface area contributed by atoms with E-state index in [-0.39, 0.29) is 23.9 Å². The minimum atomic E-state index is -0.00524. The minimum absolute atomic E-state index is 0.00524. The number of nitrogens with zero attached hydrogens (tertiary/aromatic N) is 2. The lowest BCUT2D eigenvalue weighted by molar-refractivity contribution is -0.117. The van der Waals surface area contributed by atoms with Crippen molar-refractivity contribution in [1.29, 1.82) is 0 Å². The van der Waals surface area contributed by atoms with E-state index >= 15 is 0 Å². The molecule has 1 aromatic heterocycles. The second kappa shape index (κ2) is 11.3. The minimum Gasteiger partial charge on any atom is -0.384 e. The number of hydrogen-bond donors (Lipinski definition) is 3. The molecule has 1 saturated heterocycles. The third kappa shape index (κ3) is 6.32. The van der Waals surface area contributed by atoms with E-state index in [2.05, 4.69) is 29.5 Å². The fourth-order valence-electron chi connectivity index (χ4n) is 4.83. The molecule has 1 aromatic carbocycles. The van der Waals surface area contributed by atoms with Crippen LogP contribution >= 0.6 is 0 Å². The van der Waals surface area contributed by atoms with Gasteiger partial charge in [0.25, 0.3) is 5.91 Å². The number of carbonyl (C=O) groups excluding carboxylic acids is 2. The summed E-state index contributed by atoms with van der Waals surface area (Å²) in [6.45, 7) is 9.77. The van der Waals surface area contributed by atoms with Crippen LogP contribution in [0.15, 0.2) is 36.4 Å². The van der Waals surface area contributed by atoms with Gasteiger partial charge in [-0.05, 0) is 87.5 Å². The number of nitrogens with two attached hydrogens (primary N) is 1. The number of nitrogens with one attached hydrogen (secondary N) is 2. The predicted molar refractivity (Wildman–Crippen MR) is 133 cm³/mol. The Morgan fingerprint density at radius 2 is 1.94 bits per heavy atom. The highest BCUT2D eigenvalue weighted by molar-refractivity contribution is 5.97. The molecule has 2 aliphatic rings. The van der Waals surface area contributed by atoms with E-state index in [1.165, 1.54) is 0 Å². The Labute approximate surface area is 197 Å². The normalized spacial score (nSPS) is 20.3. The Bertz CT molecular complexity index is 954. The van der Waals surface area contributed by atoms with Gasteiger partial charge in [0, 0.05) is 36.0 Å². The van der Waals surface area contributed by atoms with Crippen molar-refractivity contribution in [2.45, 2.75) is 65.5 Å². The van der Waals surface area contributed by atoms with Crippen molar-refractivity contribution < 1.29 is 9.59 Å². The van der Waals surface area contributed by atoms with Crippen LogP contribution in [0.1, 0.15) is 61.6 Å². The Kier molecular flexibility index (Phi) is 8.44. The molecule has 1 unspecified atom stereocenters. The molecule has 0 bridgehead atoms. The van der Waals surface area contributed by atoms with Gasteiger partial charge in [0.05, 0.1) is 0 Å². The van der Waals surface area contributed by atoms with Crippen molar-refractivity contribution in [2.75, 3.05) is 23.7 Å². The van der Waals surface area contributed by atoms with Gasteiger partial charge in [-0.15, -0.1) is 0 Å². The van der Waals surface area contributed by atoms with Crippen molar-refractivity contribution in [3.05, 3.63) is 53.2 Å². The lowest BCUT2D eigenvalue weighted by atomic mass is 9.84. The molecular formula is C26H37N5O2. The lowest BCUT2D eigenvalue weighted by Crippen LogP contribution is -2.47. The summed E-state index contributed by atoms with van der Waals surface area (Å²) in [5, 5.41) is 6.46. The summed E-state index contributed by atoms with van der Waals surface area (Å²) < 4.78 is 0. The average molecular weight is 452 g/mol. The highest BCUT2D eigenvalue weighted by atomic mass is 16.2. The molecule has 7 heteroatoms. The Morgan fingerprint density at radius 1 is 1.21 bits per heavy atom. The zero-order valence-electron chi connectivity index (χ0n) is 20.2. The first kappa shape index (κ1) is 24.7. The second-order valence-electron chi connectivity index (χ2n) is 9.09. The van der Waals surface area contributed by atoms with Gasteiger partial charge < -0.3 is 21.3 Å². The highest BCUT2D eigenvalue weighted by Gasteiger charge is 2.33. The number of rotatable bonds is 3. The molecule has 2 aromatic rings. The summed E-state index contributed by atoms with van der Waals surface area (Å²) in [6.07, 6.45) is 3.80. The number of fused-ring (bicyclic) bond motifs is 1. The lowest BCUT2D eigenvalue weighted by Gasteiger charge is -2.40. The first-order valence-electron chi connectivity index (χ1n) is 11.9. The number of amides is 2. The van der Waals surface area contributed by atoms with Gasteiger partial charge in [-0.3, -0.25) is 9.59 Å². The first-order valence-corrected chi connectivity index (χ1v) is 11.9. The van der Waals surface area contributed by atoms with Crippen LogP contribution in [0.4, 0.5) is 11.5 Å². The van der Waals surface area contributed by atoms with E-state index in [1.807, 2.05) is 42.2 Å². The fourth-order valence-corrected chi connectivity index (χ4v) is 4.83. The monoisotopic (exact) mass is 451 g/mol. The molecule has 3 heterocycles. The van der Waals surface area contributed by atoms with Gasteiger partial charge >= 0.3 is 0 Å². The Hall–Kier alpha value is -2.93. The Morgan fingerprint density at radius 3 is 2.52 bits per heavy atom. The smallest absolute Gasteiger partial charge is 0.251 e. The first-order chi connectivity index (χ1) is 15.8. The van der Waals surface area contributed by atoms with Crippen molar-refractivity contribution in [3.63, 3.8) is 0 Å². The van der Waals surface area contributed by atoms with Gasteiger partial charge in [-0.25, -0.2) is 4.98 Å². The summed E-state index contributed by atoms with van der Waals surface area (Å²) >= 11 is 0. The summed E-state index contributed by atoms with van der Waals surface area (Å²) in [6, 6.07) is 11.8. The summed E-state index contributed by atoms with van der Waals surface area (Å²) in [7, 11) is 0. The number of aromatic nitrogens is 1. The fraction of sp³-hybridized carbons (Fsp3) is 0.500. The molecule has 7 nitrogen and oxygen atoms in total. The second-order valence-corrected chi connectivity index (χ2v) is 9.09. The molecule has 4 N–H and O–H groups in total. The van der Waals surface area contributed by atoms with E-state index in [4.69, 9.17) is 5.73 Å². The summed E-state index contributed by atoms with van der Waals surface area (Å²) in [5.74, 6) is 1.05. The van der Waals surface area contributed by atoms with Crippen LogP contribution in [0.2, 0.25) is 0 Å². The quantitative estimate of drug-likeness (QED) is 0.664. The van der Waals surface area contributed by atoms with Crippen LogP contribution in [0, 0.1) is 12.8 Å². The molecule has 0 spiro atoms. The summed E-state index contributed by atoms with van der Waals surface area (Å²) in [5.41, 5.74) is 9.08. The molecule has 2 amide bonds. The maximum atomic E-state index is 12.6. The van der Waals surface area contributed by atoms with Crippen LogP contribution in [0.25, 0.3) is 0 Å². The van der Waals surface area contributed by atoms with Crippen LogP contribution in [-0.2, 0) is 11.2 Å².